The van der Waals surface area contributed by atoms with E-state index in [0.29, 0.717) is 22.8 Å². The van der Waals surface area contributed by atoms with Crippen molar-refractivity contribution in [3.8, 4) is 22.8 Å². The molecule has 0 fully saturated rings. The molecule has 0 amide bonds. The lowest BCUT2D eigenvalue weighted by Crippen LogP contribution is -1.93. The number of nitrogens with one attached hydrogen (secondary N) is 1. The Hall–Kier alpha value is -2.17. The average Bonchev–Trinajstić information content (AvgIpc) is 2.64. The van der Waals surface area contributed by atoms with Crippen LogP contribution in [0.25, 0.3) is 11.3 Å². The number of nitrogens with zero attached hydrogens (tertiary/aromatic N) is 1. The molecular formula is C12H15N3O2. The molecule has 5 heteroatoms. The fourth-order valence-corrected chi connectivity index (χ4v) is 2.01. The van der Waals surface area contributed by atoms with Crippen LogP contribution in [0.15, 0.2) is 12.1 Å². The number of nitrogen functional groups attached to an aromatic ring is 1. The molecule has 0 aliphatic carbocycles. The molecule has 0 unspecified atom stereocenters. The van der Waals surface area contributed by atoms with Crippen LogP contribution in [0, 0.1) is 13.8 Å². The van der Waals surface area contributed by atoms with Gasteiger partial charge in [-0.05, 0) is 25.0 Å². The van der Waals surface area contributed by atoms with Crippen molar-refractivity contribution < 1.29 is 9.84 Å². The molecule has 2 rings (SSSR count). The van der Waals surface area contributed by atoms with Gasteiger partial charge in [0.05, 0.1) is 12.8 Å². The van der Waals surface area contributed by atoms with Crippen LogP contribution in [0.5, 0.6) is 11.5 Å². The van der Waals surface area contributed by atoms with Crippen LogP contribution in [0.1, 0.15) is 11.1 Å². The number of anilines is 1. The first-order valence-corrected chi connectivity index (χ1v) is 5.23. The van der Waals surface area contributed by atoms with E-state index in [0.717, 1.165) is 11.1 Å². The van der Waals surface area contributed by atoms with E-state index in [4.69, 9.17) is 10.5 Å². The molecule has 2 aromatic rings. The number of phenols is 1. The molecule has 0 saturated heterocycles. The lowest BCUT2D eigenvalue weighted by atomic mass is 10.0. The molecule has 90 valence electrons. The number of H-pyrrole nitrogens is 1. The molecule has 1 heterocycles. The molecule has 1 aromatic carbocycles. The Labute approximate surface area is 99.2 Å². The molecule has 0 spiro atoms. The van der Waals surface area contributed by atoms with Gasteiger partial charge in [0.2, 0.25) is 0 Å². The number of methoxy groups -OCH3 is 1. The maximum absolute atomic E-state index is 10.2. The Morgan fingerprint density at radius 1 is 1.29 bits per heavy atom. The van der Waals surface area contributed by atoms with Gasteiger partial charge < -0.3 is 15.6 Å². The molecule has 0 aliphatic heterocycles. The van der Waals surface area contributed by atoms with Crippen LogP contribution in [0.4, 0.5) is 5.82 Å². The first-order valence-electron chi connectivity index (χ1n) is 5.23. The van der Waals surface area contributed by atoms with Gasteiger partial charge in [-0.1, -0.05) is 6.07 Å². The standard InChI is InChI=1S/C12H15N3O2/c1-6-4-7(2)12(17-3)11(16)10(6)8-5-9(13)15-14-8/h4-5,16H,1-3H3,(H3,13,14,15). The zero-order chi connectivity index (χ0) is 12.6. The van der Waals surface area contributed by atoms with E-state index in [9.17, 15) is 5.11 Å². The molecule has 0 bridgehead atoms. The molecule has 1 aromatic heterocycles. The molecule has 0 aliphatic rings. The zero-order valence-electron chi connectivity index (χ0n) is 10.0. The van der Waals surface area contributed by atoms with Gasteiger partial charge in [-0.25, -0.2) is 0 Å². The molecule has 0 saturated carbocycles. The summed E-state index contributed by atoms with van der Waals surface area (Å²) in [6.45, 7) is 3.80. The zero-order valence-corrected chi connectivity index (χ0v) is 10.0. The smallest absolute Gasteiger partial charge is 0.167 e. The first kappa shape index (κ1) is 11.3. The number of ether oxygens (including phenoxy) is 1. The Morgan fingerprint density at radius 2 is 2.00 bits per heavy atom. The summed E-state index contributed by atoms with van der Waals surface area (Å²) in [5.41, 5.74) is 8.72. The normalized spacial score (nSPS) is 10.5. The summed E-state index contributed by atoms with van der Waals surface area (Å²) in [5.74, 6) is 0.964. The van der Waals surface area contributed by atoms with Gasteiger partial charge in [0.15, 0.2) is 11.5 Å². The van der Waals surface area contributed by atoms with Crippen molar-refractivity contribution in [2.75, 3.05) is 12.8 Å². The third-order valence-corrected chi connectivity index (χ3v) is 2.71. The van der Waals surface area contributed by atoms with Crippen molar-refractivity contribution in [3.63, 3.8) is 0 Å². The highest BCUT2D eigenvalue weighted by atomic mass is 16.5. The summed E-state index contributed by atoms with van der Waals surface area (Å²) in [6, 6.07) is 3.63. The highest BCUT2D eigenvalue weighted by molar-refractivity contribution is 5.76. The average molecular weight is 233 g/mol. The van der Waals surface area contributed by atoms with E-state index in [-0.39, 0.29) is 5.75 Å². The second-order valence-corrected chi connectivity index (χ2v) is 3.97. The van der Waals surface area contributed by atoms with Gasteiger partial charge in [0.25, 0.3) is 0 Å². The Bertz CT molecular complexity index is 561. The quantitative estimate of drug-likeness (QED) is 0.740. The van der Waals surface area contributed by atoms with Gasteiger partial charge in [-0.2, -0.15) is 5.10 Å². The minimum Gasteiger partial charge on any atom is -0.504 e. The van der Waals surface area contributed by atoms with E-state index in [2.05, 4.69) is 10.2 Å². The summed E-state index contributed by atoms with van der Waals surface area (Å²) in [4.78, 5) is 0. The highest BCUT2D eigenvalue weighted by Crippen LogP contribution is 2.41. The number of hydrogen-bond donors (Lipinski definition) is 3. The third-order valence-electron chi connectivity index (χ3n) is 2.71. The van der Waals surface area contributed by atoms with E-state index in [1.165, 1.54) is 7.11 Å². The molecule has 4 N–H and O–H groups in total. The van der Waals surface area contributed by atoms with E-state index >= 15 is 0 Å². The molecule has 5 nitrogen and oxygen atoms in total. The largest absolute Gasteiger partial charge is 0.504 e. The maximum atomic E-state index is 10.2. The van der Waals surface area contributed by atoms with Crippen LogP contribution >= 0.6 is 0 Å². The van der Waals surface area contributed by atoms with E-state index < -0.39 is 0 Å². The van der Waals surface area contributed by atoms with Gasteiger partial charge in [0, 0.05) is 11.6 Å². The van der Waals surface area contributed by atoms with Crippen LogP contribution in [0.3, 0.4) is 0 Å². The monoisotopic (exact) mass is 233 g/mol. The number of benzene rings is 1. The first-order chi connectivity index (χ1) is 8.04. The third kappa shape index (κ3) is 1.80. The van der Waals surface area contributed by atoms with Crippen molar-refractivity contribution in [2.24, 2.45) is 0 Å². The van der Waals surface area contributed by atoms with Crippen molar-refractivity contribution in [1.29, 1.82) is 0 Å². The molecular weight excluding hydrogens is 218 g/mol. The van der Waals surface area contributed by atoms with Crippen LogP contribution < -0.4 is 10.5 Å². The predicted molar refractivity (Wildman–Crippen MR) is 66.1 cm³/mol. The molecule has 0 atom stereocenters. The Balaban J connectivity index is 2.69. The highest BCUT2D eigenvalue weighted by Gasteiger charge is 2.17. The SMILES string of the molecule is COc1c(C)cc(C)c(-c2cc(N)n[nH]2)c1O. The summed E-state index contributed by atoms with van der Waals surface area (Å²) in [7, 11) is 1.53. The molecule has 0 radical (unpaired) electrons. The van der Waals surface area contributed by atoms with Gasteiger partial charge >= 0.3 is 0 Å². The summed E-state index contributed by atoms with van der Waals surface area (Å²) >= 11 is 0. The summed E-state index contributed by atoms with van der Waals surface area (Å²) < 4.78 is 5.18. The fraction of sp³-hybridized carbons (Fsp3) is 0.250. The predicted octanol–water partition coefficient (Wildman–Crippen LogP) is 1.99. The van der Waals surface area contributed by atoms with Crippen LogP contribution in [-0.2, 0) is 0 Å². The Morgan fingerprint density at radius 3 is 2.53 bits per heavy atom. The second-order valence-electron chi connectivity index (χ2n) is 3.97. The second kappa shape index (κ2) is 4.01. The number of hydrogen-bond acceptors (Lipinski definition) is 4. The number of aromatic nitrogens is 2. The van der Waals surface area contributed by atoms with E-state index in [1.54, 1.807) is 6.07 Å². The Kier molecular flexibility index (Phi) is 2.67. The van der Waals surface area contributed by atoms with Crippen molar-refractivity contribution in [3.05, 3.63) is 23.3 Å². The van der Waals surface area contributed by atoms with Crippen LogP contribution in [-0.4, -0.2) is 22.4 Å². The number of aryl methyl sites for hydroxylation is 2. The number of phenolic OH excluding ortho intramolecular Hbond substituents is 1. The minimum absolute atomic E-state index is 0.105. The minimum atomic E-state index is 0.105. The summed E-state index contributed by atoms with van der Waals surface area (Å²) in [5, 5.41) is 16.8. The van der Waals surface area contributed by atoms with Crippen molar-refractivity contribution in [1.82, 2.24) is 10.2 Å². The number of rotatable bonds is 2. The van der Waals surface area contributed by atoms with Crippen molar-refractivity contribution >= 4 is 5.82 Å². The number of aromatic amines is 1. The lowest BCUT2D eigenvalue weighted by Gasteiger charge is -2.13. The topological polar surface area (TPSA) is 84.2 Å². The van der Waals surface area contributed by atoms with Crippen molar-refractivity contribution in [2.45, 2.75) is 13.8 Å². The number of nitrogens with two attached hydrogens (primary N) is 1. The number of aromatic hydroxyl groups is 1. The van der Waals surface area contributed by atoms with Gasteiger partial charge in [-0.3, -0.25) is 5.10 Å². The van der Waals surface area contributed by atoms with Gasteiger partial charge in [-0.15, -0.1) is 0 Å². The molecule has 17 heavy (non-hydrogen) atoms. The summed E-state index contributed by atoms with van der Waals surface area (Å²) in [6.07, 6.45) is 0. The van der Waals surface area contributed by atoms with Gasteiger partial charge in [0.1, 0.15) is 5.82 Å². The maximum Gasteiger partial charge on any atom is 0.167 e. The van der Waals surface area contributed by atoms with Crippen LogP contribution in [0.2, 0.25) is 0 Å². The fourth-order valence-electron chi connectivity index (χ4n) is 2.01. The van der Waals surface area contributed by atoms with E-state index in [1.807, 2.05) is 19.9 Å². The lowest BCUT2D eigenvalue weighted by molar-refractivity contribution is 0.371.